The first-order chi connectivity index (χ1) is 8.20. The van der Waals surface area contributed by atoms with Crippen LogP contribution in [0.25, 0.3) is 0 Å². The van der Waals surface area contributed by atoms with Crippen LogP contribution in [0.1, 0.15) is 12.8 Å². The minimum absolute atomic E-state index is 0.101. The molecule has 1 atom stereocenters. The number of anilines is 1. The molecular weight excluding hydrogens is 286 g/mol. The number of carbonyl (C=O) groups is 1. The first kappa shape index (κ1) is 12.4. The highest BCUT2D eigenvalue weighted by Crippen LogP contribution is 2.27. The quantitative estimate of drug-likeness (QED) is 0.933. The van der Waals surface area contributed by atoms with Crippen LogP contribution in [0.3, 0.4) is 0 Å². The Hall–Kier alpha value is -1.07. The van der Waals surface area contributed by atoms with Gasteiger partial charge < -0.3 is 14.8 Å². The van der Waals surface area contributed by atoms with Crippen LogP contribution < -0.4 is 10.1 Å². The van der Waals surface area contributed by atoms with Crippen LogP contribution in [0.15, 0.2) is 22.7 Å². The van der Waals surface area contributed by atoms with E-state index in [2.05, 4.69) is 21.2 Å². The third kappa shape index (κ3) is 2.98. The molecule has 1 heterocycles. The molecule has 5 heteroatoms. The third-order valence-electron chi connectivity index (χ3n) is 2.65. The van der Waals surface area contributed by atoms with Gasteiger partial charge in [0.05, 0.1) is 12.8 Å². The number of rotatable bonds is 3. The molecule has 92 valence electrons. The van der Waals surface area contributed by atoms with Crippen molar-refractivity contribution in [2.45, 2.75) is 18.9 Å². The molecule has 0 saturated carbocycles. The summed E-state index contributed by atoms with van der Waals surface area (Å²) < 4.78 is 11.3. The van der Waals surface area contributed by atoms with Crippen molar-refractivity contribution in [2.24, 2.45) is 0 Å². The second kappa shape index (κ2) is 5.51. The minimum Gasteiger partial charge on any atom is -0.497 e. The summed E-state index contributed by atoms with van der Waals surface area (Å²) in [6.45, 7) is 0.664. The Morgan fingerprint density at radius 2 is 2.41 bits per heavy atom. The number of benzene rings is 1. The van der Waals surface area contributed by atoms with Crippen LogP contribution in [0.2, 0.25) is 0 Å². The van der Waals surface area contributed by atoms with Crippen LogP contribution in [0, 0.1) is 0 Å². The third-order valence-corrected chi connectivity index (χ3v) is 3.35. The Balaban J connectivity index is 2.09. The van der Waals surface area contributed by atoms with E-state index < -0.39 is 0 Å². The number of methoxy groups -OCH3 is 1. The topological polar surface area (TPSA) is 47.6 Å². The lowest BCUT2D eigenvalue weighted by atomic mass is 10.2. The van der Waals surface area contributed by atoms with E-state index in [1.165, 1.54) is 0 Å². The average Bonchev–Trinajstić information content (AvgIpc) is 2.85. The van der Waals surface area contributed by atoms with Crippen LogP contribution in [-0.4, -0.2) is 25.7 Å². The van der Waals surface area contributed by atoms with Gasteiger partial charge in [-0.2, -0.15) is 0 Å². The number of ether oxygens (including phenoxy) is 2. The summed E-state index contributed by atoms with van der Waals surface area (Å²) >= 11 is 3.39. The van der Waals surface area contributed by atoms with Gasteiger partial charge in [-0.25, -0.2) is 0 Å². The molecule has 2 rings (SSSR count). The number of hydrogen-bond acceptors (Lipinski definition) is 3. The van der Waals surface area contributed by atoms with Gasteiger partial charge in [0.2, 0.25) is 0 Å². The molecule has 0 unspecified atom stereocenters. The van der Waals surface area contributed by atoms with Crippen molar-refractivity contribution in [3.8, 4) is 5.75 Å². The van der Waals surface area contributed by atoms with Gasteiger partial charge in [0.15, 0.2) is 0 Å². The summed E-state index contributed by atoms with van der Waals surface area (Å²) in [5, 5.41) is 2.84. The molecule has 1 N–H and O–H groups in total. The van der Waals surface area contributed by atoms with Gasteiger partial charge in [0.25, 0.3) is 5.91 Å². The second-order valence-corrected chi connectivity index (χ2v) is 4.69. The largest absolute Gasteiger partial charge is 0.497 e. The maximum atomic E-state index is 11.9. The zero-order chi connectivity index (χ0) is 12.3. The second-order valence-electron chi connectivity index (χ2n) is 3.84. The van der Waals surface area contributed by atoms with Gasteiger partial charge in [-0.05, 0) is 40.9 Å². The Labute approximate surface area is 108 Å². The van der Waals surface area contributed by atoms with Crippen LogP contribution in [0.4, 0.5) is 5.69 Å². The smallest absolute Gasteiger partial charge is 0.253 e. The molecule has 1 aliphatic rings. The molecule has 0 bridgehead atoms. The number of nitrogens with one attached hydrogen (secondary N) is 1. The maximum absolute atomic E-state index is 11.9. The molecule has 1 fully saturated rings. The van der Waals surface area contributed by atoms with Crippen molar-refractivity contribution in [1.29, 1.82) is 0 Å². The fourth-order valence-corrected chi connectivity index (χ4v) is 2.07. The summed E-state index contributed by atoms with van der Waals surface area (Å²) in [4.78, 5) is 11.9. The Kier molecular flexibility index (Phi) is 4.02. The van der Waals surface area contributed by atoms with E-state index in [1.54, 1.807) is 13.2 Å². The van der Waals surface area contributed by atoms with E-state index in [4.69, 9.17) is 9.47 Å². The predicted octanol–water partition coefficient (Wildman–Crippen LogP) is 2.58. The standard InChI is InChI=1S/C12H14BrNO3/c1-16-8-4-5-9(13)10(7-8)14-12(15)11-3-2-6-17-11/h4-5,7,11H,2-3,6H2,1H3,(H,14,15)/t11-/m0/s1. The van der Waals surface area contributed by atoms with E-state index in [9.17, 15) is 4.79 Å². The molecule has 1 aromatic rings. The predicted molar refractivity (Wildman–Crippen MR) is 68.3 cm³/mol. The fraction of sp³-hybridized carbons (Fsp3) is 0.417. The van der Waals surface area contributed by atoms with Crippen molar-refractivity contribution in [1.82, 2.24) is 0 Å². The van der Waals surface area contributed by atoms with E-state index in [-0.39, 0.29) is 12.0 Å². The lowest BCUT2D eigenvalue weighted by Gasteiger charge is -2.12. The molecule has 1 aliphatic heterocycles. The zero-order valence-corrected chi connectivity index (χ0v) is 11.1. The summed E-state index contributed by atoms with van der Waals surface area (Å²) in [6, 6.07) is 5.44. The lowest BCUT2D eigenvalue weighted by molar-refractivity contribution is -0.124. The normalized spacial score (nSPS) is 19.1. The summed E-state index contributed by atoms with van der Waals surface area (Å²) in [5.41, 5.74) is 0.699. The molecule has 0 spiro atoms. The van der Waals surface area contributed by atoms with Crippen LogP contribution >= 0.6 is 15.9 Å². The molecular formula is C12H14BrNO3. The van der Waals surface area contributed by atoms with Gasteiger partial charge in [-0.15, -0.1) is 0 Å². The van der Waals surface area contributed by atoms with Crippen molar-refractivity contribution in [2.75, 3.05) is 19.0 Å². The first-order valence-corrected chi connectivity index (χ1v) is 6.26. The van der Waals surface area contributed by atoms with Gasteiger partial charge in [-0.1, -0.05) is 0 Å². The van der Waals surface area contributed by atoms with Crippen LogP contribution in [-0.2, 0) is 9.53 Å². The van der Waals surface area contributed by atoms with E-state index in [1.807, 2.05) is 12.1 Å². The van der Waals surface area contributed by atoms with Gasteiger partial charge in [-0.3, -0.25) is 4.79 Å². The van der Waals surface area contributed by atoms with Gasteiger partial charge in [0.1, 0.15) is 11.9 Å². The van der Waals surface area contributed by atoms with Gasteiger partial charge in [0, 0.05) is 17.1 Å². The Morgan fingerprint density at radius 3 is 3.06 bits per heavy atom. The first-order valence-electron chi connectivity index (χ1n) is 5.46. The highest BCUT2D eigenvalue weighted by Gasteiger charge is 2.24. The van der Waals surface area contributed by atoms with Gasteiger partial charge >= 0.3 is 0 Å². The molecule has 1 saturated heterocycles. The Morgan fingerprint density at radius 1 is 1.59 bits per heavy atom. The van der Waals surface area contributed by atoms with Crippen molar-refractivity contribution in [3.63, 3.8) is 0 Å². The van der Waals surface area contributed by atoms with E-state index in [0.717, 1.165) is 17.3 Å². The molecule has 0 radical (unpaired) electrons. The number of carbonyl (C=O) groups excluding carboxylic acids is 1. The summed E-state index contributed by atoms with van der Waals surface area (Å²) in [6.07, 6.45) is 1.40. The zero-order valence-electron chi connectivity index (χ0n) is 9.53. The molecule has 1 amide bonds. The summed E-state index contributed by atoms with van der Waals surface area (Å²) in [5.74, 6) is 0.604. The summed E-state index contributed by atoms with van der Waals surface area (Å²) in [7, 11) is 1.59. The maximum Gasteiger partial charge on any atom is 0.253 e. The monoisotopic (exact) mass is 299 g/mol. The van der Waals surface area contributed by atoms with E-state index >= 15 is 0 Å². The minimum atomic E-state index is -0.326. The van der Waals surface area contributed by atoms with E-state index in [0.29, 0.717) is 18.0 Å². The van der Waals surface area contributed by atoms with Crippen LogP contribution in [0.5, 0.6) is 5.75 Å². The van der Waals surface area contributed by atoms with Crippen molar-refractivity contribution in [3.05, 3.63) is 22.7 Å². The fourth-order valence-electron chi connectivity index (χ4n) is 1.72. The molecule has 0 aliphatic carbocycles. The molecule has 4 nitrogen and oxygen atoms in total. The molecule has 1 aromatic carbocycles. The van der Waals surface area contributed by atoms with Crippen molar-refractivity contribution >= 4 is 27.5 Å². The number of hydrogen-bond donors (Lipinski definition) is 1. The number of amides is 1. The molecule has 0 aromatic heterocycles. The number of halogens is 1. The highest BCUT2D eigenvalue weighted by molar-refractivity contribution is 9.10. The van der Waals surface area contributed by atoms with Crippen molar-refractivity contribution < 1.29 is 14.3 Å². The lowest BCUT2D eigenvalue weighted by Crippen LogP contribution is -2.26. The highest BCUT2D eigenvalue weighted by atomic mass is 79.9. The SMILES string of the molecule is COc1ccc(Br)c(NC(=O)[C@@H]2CCCO2)c1. The molecule has 17 heavy (non-hydrogen) atoms. The Bertz CT molecular complexity index is 416. The average molecular weight is 300 g/mol.